The lowest BCUT2D eigenvalue weighted by molar-refractivity contribution is -0.115. The third-order valence-corrected chi connectivity index (χ3v) is 6.69. The number of halogens is 1. The molecule has 0 bridgehead atoms. The standard InChI is InChI=1S/C29H28ClN3O4/c1-4-37-22-12-10-21(11-13-22)33-28(19-7-14-23(35-2)24(17-19)36-3)25-26(18-5-8-20(30)9-6-18)31-15-16-32-27(25)29(33)34/h5-14,17,28,32H,4,15-16H2,1-3H3. The molecule has 2 aliphatic rings. The molecule has 1 atom stereocenters. The summed E-state index contributed by atoms with van der Waals surface area (Å²) in [7, 11) is 3.20. The SMILES string of the molecule is CCOc1ccc(N2C(=O)C3=C(C(c4ccc(Cl)cc4)=NCCN3)C2c2ccc(OC)c(OC)c2)cc1. The van der Waals surface area contributed by atoms with Crippen LogP contribution >= 0.6 is 11.6 Å². The van der Waals surface area contributed by atoms with Gasteiger partial charge in [-0.15, -0.1) is 0 Å². The lowest BCUT2D eigenvalue weighted by Crippen LogP contribution is -2.33. The summed E-state index contributed by atoms with van der Waals surface area (Å²) in [4.78, 5) is 20.8. The summed E-state index contributed by atoms with van der Waals surface area (Å²) in [5.41, 5.74) is 4.63. The van der Waals surface area contributed by atoms with Gasteiger partial charge in [0.25, 0.3) is 5.91 Å². The number of aliphatic imine (C=N–C) groups is 1. The van der Waals surface area contributed by atoms with Crippen molar-refractivity contribution in [2.45, 2.75) is 13.0 Å². The van der Waals surface area contributed by atoms with Gasteiger partial charge in [-0.3, -0.25) is 14.7 Å². The highest BCUT2D eigenvalue weighted by Gasteiger charge is 2.44. The van der Waals surface area contributed by atoms with Gasteiger partial charge in [0.05, 0.1) is 39.1 Å². The molecule has 190 valence electrons. The third-order valence-electron chi connectivity index (χ3n) is 6.44. The van der Waals surface area contributed by atoms with Crippen LogP contribution in [0, 0.1) is 0 Å². The quantitative estimate of drug-likeness (QED) is 0.467. The Morgan fingerprint density at radius 2 is 1.73 bits per heavy atom. The van der Waals surface area contributed by atoms with Crippen molar-refractivity contribution < 1.29 is 19.0 Å². The fourth-order valence-corrected chi connectivity index (χ4v) is 4.93. The minimum absolute atomic E-state index is 0.123. The third kappa shape index (κ3) is 4.62. The highest BCUT2D eigenvalue weighted by molar-refractivity contribution is 6.31. The number of benzene rings is 3. The van der Waals surface area contributed by atoms with Crippen LogP contribution in [0.15, 0.2) is 83.0 Å². The summed E-state index contributed by atoms with van der Waals surface area (Å²) in [5.74, 6) is 1.82. The maximum Gasteiger partial charge on any atom is 0.275 e. The maximum absolute atomic E-state index is 14.0. The number of hydrogen-bond acceptors (Lipinski definition) is 6. The van der Waals surface area contributed by atoms with Crippen molar-refractivity contribution in [3.05, 3.63) is 94.1 Å². The number of rotatable bonds is 7. The lowest BCUT2D eigenvalue weighted by Gasteiger charge is -2.29. The van der Waals surface area contributed by atoms with E-state index in [2.05, 4.69) is 5.32 Å². The molecule has 37 heavy (non-hydrogen) atoms. The number of carbonyl (C=O) groups is 1. The van der Waals surface area contributed by atoms with Crippen LogP contribution < -0.4 is 24.4 Å². The summed E-state index contributed by atoms with van der Waals surface area (Å²) in [5, 5.41) is 3.99. The van der Waals surface area contributed by atoms with Crippen molar-refractivity contribution in [2.75, 3.05) is 38.8 Å². The average Bonchev–Trinajstić information content (AvgIpc) is 3.06. The second kappa shape index (κ2) is 10.6. The van der Waals surface area contributed by atoms with E-state index in [4.69, 9.17) is 30.8 Å². The van der Waals surface area contributed by atoms with Crippen molar-refractivity contribution in [3.8, 4) is 17.2 Å². The van der Waals surface area contributed by atoms with Gasteiger partial charge >= 0.3 is 0 Å². The molecule has 1 unspecified atom stereocenters. The van der Waals surface area contributed by atoms with Crippen LogP contribution in [0.3, 0.4) is 0 Å². The molecule has 1 amide bonds. The van der Waals surface area contributed by atoms with E-state index >= 15 is 0 Å². The van der Waals surface area contributed by atoms with Crippen molar-refractivity contribution in [1.82, 2.24) is 5.32 Å². The number of methoxy groups -OCH3 is 2. The summed E-state index contributed by atoms with van der Waals surface area (Å²) in [6, 6.07) is 20.4. The van der Waals surface area contributed by atoms with E-state index in [1.165, 1.54) is 0 Å². The largest absolute Gasteiger partial charge is 0.494 e. The molecule has 0 aliphatic carbocycles. The highest BCUT2D eigenvalue weighted by atomic mass is 35.5. The first-order chi connectivity index (χ1) is 18.0. The molecular formula is C29H28ClN3O4. The van der Waals surface area contributed by atoms with Gasteiger partial charge in [-0.05, 0) is 61.0 Å². The molecule has 1 N–H and O–H groups in total. The number of anilines is 1. The van der Waals surface area contributed by atoms with Crippen LogP contribution in [0.5, 0.6) is 17.2 Å². The van der Waals surface area contributed by atoms with Gasteiger partial charge in [0.2, 0.25) is 0 Å². The van der Waals surface area contributed by atoms with Gasteiger partial charge in [-0.1, -0.05) is 29.8 Å². The number of ether oxygens (including phenoxy) is 3. The zero-order valence-electron chi connectivity index (χ0n) is 21.0. The molecule has 2 heterocycles. The van der Waals surface area contributed by atoms with Crippen LogP contribution in [0.2, 0.25) is 5.02 Å². The van der Waals surface area contributed by atoms with Gasteiger partial charge in [0.15, 0.2) is 11.5 Å². The molecule has 2 aliphatic heterocycles. The number of carbonyl (C=O) groups excluding carboxylic acids is 1. The van der Waals surface area contributed by atoms with Crippen molar-refractivity contribution in [1.29, 1.82) is 0 Å². The Morgan fingerprint density at radius 3 is 2.41 bits per heavy atom. The molecule has 8 heteroatoms. The summed E-state index contributed by atoms with van der Waals surface area (Å²) < 4.78 is 16.7. The van der Waals surface area contributed by atoms with E-state index in [0.717, 1.165) is 33.8 Å². The van der Waals surface area contributed by atoms with Gasteiger partial charge in [-0.25, -0.2) is 0 Å². The molecule has 3 aromatic rings. The minimum atomic E-state index is -0.458. The van der Waals surface area contributed by atoms with E-state index in [1.807, 2.05) is 73.7 Å². The first-order valence-corrected chi connectivity index (χ1v) is 12.5. The topological polar surface area (TPSA) is 72.4 Å². The number of nitrogens with one attached hydrogen (secondary N) is 1. The zero-order chi connectivity index (χ0) is 25.9. The Morgan fingerprint density at radius 1 is 1.00 bits per heavy atom. The maximum atomic E-state index is 14.0. The van der Waals surface area contributed by atoms with Gasteiger partial charge < -0.3 is 19.5 Å². The van der Waals surface area contributed by atoms with Gasteiger partial charge in [-0.2, -0.15) is 0 Å². The second-order valence-corrected chi connectivity index (χ2v) is 9.01. The number of amides is 1. The molecule has 0 saturated heterocycles. The van der Waals surface area contributed by atoms with Crippen LogP contribution in [-0.4, -0.2) is 45.5 Å². The first kappa shape index (κ1) is 24.7. The van der Waals surface area contributed by atoms with E-state index in [-0.39, 0.29) is 5.91 Å². The Balaban J connectivity index is 1.69. The van der Waals surface area contributed by atoms with Crippen molar-refractivity contribution in [2.24, 2.45) is 4.99 Å². The van der Waals surface area contributed by atoms with E-state index in [1.54, 1.807) is 19.1 Å². The number of nitrogens with zero attached hydrogens (tertiary/aromatic N) is 2. The summed E-state index contributed by atoms with van der Waals surface area (Å²) in [6.07, 6.45) is 0. The molecule has 0 spiro atoms. The van der Waals surface area contributed by atoms with E-state index < -0.39 is 6.04 Å². The first-order valence-electron chi connectivity index (χ1n) is 12.1. The second-order valence-electron chi connectivity index (χ2n) is 8.57. The predicted molar refractivity (Wildman–Crippen MR) is 145 cm³/mol. The molecule has 0 saturated carbocycles. The summed E-state index contributed by atoms with van der Waals surface area (Å²) >= 11 is 6.18. The Bertz CT molecular complexity index is 1370. The smallest absolute Gasteiger partial charge is 0.275 e. The predicted octanol–water partition coefficient (Wildman–Crippen LogP) is 5.19. The van der Waals surface area contributed by atoms with Crippen molar-refractivity contribution >= 4 is 28.9 Å². The molecule has 3 aromatic carbocycles. The van der Waals surface area contributed by atoms with Crippen LogP contribution in [0.25, 0.3) is 0 Å². The van der Waals surface area contributed by atoms with E-state index in [0.29, 0.717) is 41.9 Å². The molecule has 0 radical (unpaired) electrons. The van der Waals surface area contributed by atoms with Crippen molar-refractivity contribution in [3.63, 3.8) is 0 Å². The Hall–Kier alpha value is -3.97. The Kier molecular flexibility index (Phi) is 7.06. The normalized spacial score (nSPS) is 17.1. The fraction of sp³-hybridized carbons (Fsp3) is 0.241. The van der Waals surface area contributed by atoms with Crippen LogP contribution in [-0.2, 0) is 4.79 Å². The molecule has 5 rings (SSSR count). The molecule has 0 fully saturated rings. The molecular weight excluding hydrogens is 490 g/mol. The van der Waals surface area contributed by atoms with Gasteiger partial charge in [0.1, 0.15) is 11.4 Å². The van der Waals surface area contributed by atoms with Crippen LogP contribution in [0.4, 0.5) is 5.69 Å². The fourth-order valence-electron chi connectivity index (χ4n) is 4.80. The lowest BCUT2D eigenvalue weighted by atomic mass is 9.91. The highest BCUT2D eigenvalue weighted by Crippen LogP contribution is 2.44. The zero-order valence-corrected chi connectivity index (χ0v) is 21.7. The molecule has 0 aromatic heterocycles. The van der Waals surface area contributed by atoms with E-state index in [9.17, 15) is 4.79 Å². The Labute approximate surface area is 221 Å². The minimum Gasteiger partial charge on any atom is -0.494 e. The molecule has 7 nitrogen and oxygen atoms in total. The number of hydrogen-bond donors (Lipinski definition) is 1. The monoisotopic (exact) mass is 517 g/mol. The summed E-state index contributed by atoms with van der Waals surface area (Å²) in [6.45, 7) is 3.60. The van der Waals surface area contributed by atoms with Gasteiger partial charge in [0, 0.05) is 28.4 Å². The van der Waals surface area contributed by atoms with Crippen LogP contribution in [0.1, 0.15) is 24.1 Å². The average molecular weight is 518 g/mol.